The minimum atomic E-state index is -4.64. The summed E-state index contributed by atoms with van der Waals surface area (Å²) in [5.41, 5.74) is -2.69. The normalized spacial score (nSPS) is 18.7. The molecular weight excluding hydrogens is 261 g/mol. The van der Waals surface area contributed by atoms with E-state index in [0.29, 0.717) is 4.90 Å². The van der Waals surface area contributed by atoms with Gasteiger partial charge in [0.15, 0.2) is 0 Å². The fourth-order valence-electron chi connectivity index (χ4n) is 1.88. The zero-order valence-corrected chi connectivity index (χ0v) is 10.2. The van der Waals surface area contributed by atoms with E-state index in [0.717, 1.165) is 12.1 Å². The van der Waals surface area contributed by atoms with Gasteiger partial charge in [0, 0.05) is 0 Å². The highest BCUT2D eigenvalue weighted by Crippen LogP contribution is 2.38. The molecule has 0 radical (unpaired) electrons. The van der Waals surface area contributed by atoms with Crippen molar-refractivity contribution in [1.29, 1.82) is 0 Å². The number of anilines is 1. The maximum absolute atomic E-state index is 12.9. The molecule has 1 aliphatic rings. The summed E-state index contributed by atoms with van der Waals surface area (Å²) >= 11 is 0. The highest BCUT2D eigenvalue weighted by atomic mass is 19.4. The Morgan fingerprint density at radius 3 is 2.21 bits per heavy atom. The molecule has 0 atom stereocenters. The number of urea groups is 1. The number of nitrogens with zero attached hydrogens (tertiary/aromatic N) is 1. The first-order valence-corrected chi connectivity index (χ1v) is 5.47. The molecule has 0 saturated carbocycles. The Morgan fingerprint density at radius 2 is 1.74 bits per heavy atom. The molecule has 1 aromatic rings. The first-order valence-electron chi connectivity index (χ1n) is 5.47. The molecule has 19 heavy (non-hydrogen) atoms. The van der Waals surface area contributed by atoms with Crippen LogP contribution in [0, 0.1) is 0 Å². The third kappa shape index (κ3) is 2.16. The van der Waals surface area contributed by atoms with Gasteiger partial charge in [-0.05, 0) is 26.0 Å². The van der Waals surface area contributed by atoms with Gasteiger partial charge >= 0.3 is 12.2 Å². The number of rotatable bonds is 1. The van der Waals surface area contributed by atoms with Crippen molar-refractivity contribution in [2.75, 3.05) is 4.90 Å². The Hall–Kier alpha value is -2.05. The van der Waals surface area contributed by atoms with Crippen molar-refractivity contribution in [1.82, 2.24) is 5.32 Å². The van der Waals surface area contributed by atoms with E-state index in [1.54, 1.807) is 0 Å². The van der Waals surface area contributed by atoms with Gasteiger partial charge in [-0.1, -0.05) is 12.1 Å². The van der Waals surface area contributed by atoms with Crippen LogP contribution in [0.4, 0.5) is 23.7 Å². The van der Waals surface area contributed by atoms with Crippen LogP contribution in [0.5, 0.6) is 0 Å². The highest BCUT2D eigenvalue weighted by Gasteiger charge is 2.47. The second-order valence-corrected chi connectivity index (χ2v) is 4.71. The van der Waals surface area contributed by atoms with Crippen LogP contribution in [-0.4, -0.2) is 17.5 Å². The first kappa shape index (κ1) is 13.4. The fourth-order valence-corrected chi connectivity index (χ4v) is 1.88. The minimum absolute atomic E-state index is 0.455. The Morgan fingerprint density at radius 1 is 1.16 bits per heavy atom. The summed E-state index contributed by atoms with van der Waals surface area (Å²) in [5, 5.41) is 2.34. The van der Waals surface area contributed by atoms with Gasteiger partial charge in [-0.2, -0.15) is 13.2 Å². The molecule has 1 heterocycles. The van der Waals surface area contributed by atoms with Gasteiger partial charge in [0.05, 0.1) is 11.3 Å². The average Bonchev–Trinajstić information content (AvgIpc) is 2.47. The molecule has 7 heteroatoms. The number of alkyl halides is 3. The van der Waals surface area contributed by atoms with Crippen molar-refractivity contribution >= 4 is 17.6 Å². The highest BCUT2D eigenvalue weighted by molar-refractivity contribution is 6.23. The van der Waals surface area contributed by atoms with Gasteiger partial charge in [-0.3, -0.25) is 4.79 Å². The number of para-hydroxylation sites is 1. The Balaban J connectivity index is 2.55. The van der Waals surface area contributed by atoms with Crippen LogP contribution in [0.3, 0.4) is 0 Å². The number of carbonyl (C=O) groups is 2. The standard InChI is InChI=1S/C12H11F3N2O2/c1-11(2)9(18)17(10(19)16-11)8-6-4-3-5-7(8)12(13,14)15/h3-6H,1-2H3,(H,16,19). The van der Waals surface area contributed by atoms with E-state index in [1.165, 1.54) is 26.0 Å². The molecule has 1 saturated heterocycles. The zero-order chi connectivity index (χ0) is 14.4. The molecule has 0 bridgehead atoms. The first-order chi connectivity index (χ1) is 8.64. The largest absolute Gasteiger partial charge is 0.418 e. The molecule has 102 valence electrons. The van der Waals surface area contributed by atoms with Crippen molar-refractivity contribution in [3.8, 4) is 0 Å². The van der Waals surface area contributed by atoms with Gasteiger partial charge in [0.1, 0.15) is 5.54 Å². The van der Waals surface area contributed by atoms with E-state index in [-0.39, 0.29) is 0 Å². The maximum atomic E-state index is 12.9. The Bertz CT molecular complexity index is 552. The molecule has 0 unspecified atom stereocenters. The lowest BCUT2D eigenvalue weighted by atomic mass is 10.1. The van der Waals surface area contributed by atoms with Crippen molar-refractivity contribution in [2.45, 2.75) is 25.6 Å². The quantitative estimate of drug-likeness (QED) is 0.799. The van der Waals surface area contributed by atoms with Crippen LogP contribution in [-0.2, 0) is 11.0 Å². The number of hydrogen-bond acceptors (Lipinski definition) is 2. The predicted molar refractivity (Wildman–Crippen MR) is 61.5 cm³/mol. The topological polar surface area (TPSA) is 49.4 Å². The Kier molecular flexibility index (Phi) is 2.80. The van der Waals surface area contributed by atoms with Gasteiger partial charge in [0.25, 0.3) is 5.91 Å². The number of carbonyl (C=O) groups excluding carboxylic acids is 2. The second kappa shape index (κ2) is 3.97. The smallest absolute Gasteiger partial charge is 0.323 e. The van der Waals surface area contributed by atoms with Gasteiger partial charge in [-0.15, -0.1) is 0 Å². The van der Waals surface area contributed by atoms with E-state index in [9.17, 15) is 22.8 Å². The SMILES string of the molecule is CC1(C)NC(=O)N(c2ccccc2C(F)(F)F)C1=O. The van der Waals surface area contributed by atoms with E-state index < -0.39 is 34.9 Å². The van der Waals surface area contributed by atoms with E-state index in [4.69, 9.17) is 0 Å². The number of halogens is 3. The summed E-state index contributed by atoms with van der Waals surface area (Å²) in [6.45, 7) is 2.87. The van der Waals surface area contributed by atoms with Crippen LogP contribution < -0.4 is 10.2 Å². The van der Waals surface area contributed by atoms with Gasteiger partial charge < -0.3 is 5.32 Å². The molecule has 1 fully saturated rings. The summed E-state index contributed by atoms with van der Waals surface area (Å²) in [4.78, 5) is 24.2. The number of nitrogens with one attached hydrogen (secondary N) is 1. The molecule has 1 aromatic carbocycles. The third-order valence-electron chi connectivity index (χ3n) is 2.81. The molecule has 0 aliphatic carbocycles. The lowest BCUT2D eigenvalue weighted by molar-refractivity contribution is -0.137. The van der Waals surface area contributed by atoms with Gasteiger partial charge in [-0.25, -0.2) is 9.69 Å². The number of imide groups is 1. The van der Waals surface area contributed by atoms with E-state index >= 15 is 0 Å². The lowest BCUT2D eigenvalue weighted by Crippen LogP contribution is -2.40. The summed E-state index contributed by atoms with van der Waals surface area (Å²) in [6, 6.07) is 3.63. The van der Waals surface area contributed by atoms with Crippen molar-refractivity contribution in [3.63, 3.8) is 0 Å². The second-order valence-electron chi connectivity index (χ2n) is 4.71. The zero-order valence-electron chi connectivity index (χ0n) is 10.2. The van der Waals surface area contributed by atoms with Crippen molar-refractivity contribution < 1.29 is 22.8 Å². The summed E-state index contributed by atoms with van der Waals surface area (Å²) in [6.07, 6.45) is -4.64. The molecular formula is C12H11F3N2O2. The summed E-state index contributed by atoms with van der Waals surface area (Å²) < 4.78 is 38.6. The Labute approximate surface area is 107 Å². The molecule has 0 spiro atoms. The number of hydrogen-bond donors (Lipinski definition) is 1. The maximum Gasteiger partial charge on any atom is 0.418 e. The van der Waals surface area contributed by atoms with Crippen LogP contribution in [0.2, 0.25) is 0 Å². The van der Waals surface area contributed by atoms with E-state index in [1.807, 2.05) is 0 Å². The number of benzene rings is 1. The van der Waals surface area contributed by atoms with Crippen molar-refractivity contribution in [3.05, 3.63) is 29.8 Å². The minimum Gasteiger partial charge on any atom is -0.323 e. The third-order valence-corrected chi connectivity index (χ3v) is 2.81. The van der Waals surface area contributed by atoms with Crippen LogP contribution >= 0.6 is 0 Å². The summed E-state index contributed by atoms with van der Waals surface area (Å²) in [7, 11) is 0. The molecule has 4 nitrogen and oxygen atoms in total. The van der Waals surface area contributed by atoms with Crippen LogP contribution in [0.15, 0.2) is 24.3 Å². The molecule has 1 aliphatic heterocycles. The molecule has 2 rings (SSSR count). The fraction of sp³-hybridized carbons (Fsp3) is 0.333. The number of amides is 3. The van der Waals surface area contributed by atoms with Crippen LogP contribution in [0.25, 0.3) is 0 Å². The molecule has 1 N–H and O–H groups in total. The van der Waals surface area contributed by atoms with Gasteiger partial charge in [0.2, 0.25) is 0 Å². The monoisotopic (exact) mass is 272 g/mol. The predicted octanol–water partition coefficient (Wildman–Crippen LogP) is 2.54. The average molecular weight is 272 g/mol. The molecule has 3 amide bonds. The molecule has 0 aromatic heterocycles. The van der Waals surface area contributed by atoms with Crippen LogP contribution in [0.1, 0.15) is 19.4 Å². The lowest BCUT2D eigenvalue weighted by Gasteiger charge is -2.20. The van der Waals surface area contributed by atoms with E-state index in [2.05, 4.69) is 5.32 Å². The summed E-state index contributed by atoms with van der Waals surface area (Å²) in [5.74, 6) is -0.714. The van der Waals surface area contributed by atoms with Crippen molar-refractivity contribution in [2.24, 2.45) is 0 Å².